The van der Waals surface area contributed by atoms with Gasteiger partial charge in [0.1, 0.15) is 4.88 Å². The number of unbranched alkanes of at least 4 members (excludes halogenated alkanes) is 2. The van der Waals surface area contributed by atoms with Crippen LogP contribution >= 0.6 is 11.3 Å². The summed E-state index contributed by atoms with van der Waals surface area (Å²) in [6.45, 7) is 4.43. The molecule has 0 saturated carbocycles. The van der Waals surface area contributed by atoms with E-state index in [9.17, 15) is 13.2 Å². The molecule has 0 atom stereocenters. The highest BCUT2D eigenvalue weighted by molar-refractivity contribution is 7.92. The molecule has 0 spiro atoms. The normalized spacial score (nSPS) is 11.4. The Balaban J connectivity index is 2.77. The topological polar surface area (TPSA) is 79.4 Å². The SMILES string of the molecule is CCCCCNC(=O)c1sc(N(C)S(C)(=O)=O)nc1C. The first kappa shape index (κ1) is 16.9. The third-order valence-corrected chi connectivity index (χ3v) is 5.34. The van der Waals surface area contributed by atoms with Crippen LogP contribution in [0.4, 0.5) is 5.13 Å². The van der Waals surface area contributed by atoms with Gasteiger partial charge in [-0.05, 0) is 13.3 Å². The molecule has 1 rings (SSSR count). The molecule has 1 aromatic rings. The maximum atomic E-state index is 12.0. The second-order valence-electron chi connectivity index (χ2n) is 4.60. The van der Waals surface area contributed by atoms with Gasteiger partial charge in [-0.25, -0.2) is 17.7 Å². The summed E-state index contributed by atoms with van der Waals surface area (Å²) in [4.78, 5) is 16.6. The molecule has 20 heavy (non-hydrogen) atoms. The van der Waals surface area contributed by atoms with E-state index in [2.05, 4.69) is 17.2 Å². The van der Waals surface area contributed by atoms with Crippen molar-refractivity contribution in [3.63, 3.8) is 0 Å². The number of hydrogen-bond acceptors (Lipinski definition) is 5. The fourth-order valence-electron chi connectivity index (χ4n) is 1.53. The zero-order valence-corrected chi connectivity index (χ0v) is 13.9. The summed E-state index contributed by atoms with van der Waals surface area (Å²) in [5.41, 5.74) is 0.550. The average Bonchev–Trinajstić information content (AvgIpc) is 2.74. The van der Waals surface area contributed by atoms with Crippen LogP contribution in [0.2, 0.25) is 0 Å². The predicted octanol–water partition coefficient (Wildman–Crippen LogP) is 1.77. The molecule has 1 aromatic heterocycles. The standard InChI is InChI=1S/C12H21N3O3S2/c1-5-6-7-8-13-11(16)10-9(2)14-12(19-10)15(3)20(4,17)18/h5-8H2,1-4H3,(H,13,16). The van der Waals surface area contributed by atoms with Crippen LogP contribution in [-0.4, -0.2) is 39.2 Å². The molecule has 0 bridgehead atoms. The van der Waals surface area contributed by atoms with Crippen molar-refractivity contribution >= 4 is 32.4 Å². The van der Waals surface area contributed by atoms with Crippen molar-refractivity contribution in [1.82, 2.24) is 10.3 Å². The van der Waals surface area contributed by atoms with E-state index in [-0.39, 0.29) is 5.91 Å². The van der Waals surface area contributed by atoms with E-state index in [1.807, 2.05) is 0 Å². The van der Waals surface area contributed by atoms with Crippen molar-refractivity contribution in [3.05, 3.63) is 10.6 Å². The minimum atomic E-state index is -3.36. The Labute approximate surface area is 124 Å². The molecule has 0 unspecified atom stereocenters. The monoisotopic (exact) mass is 319 g/mol. The number of anilines is 1. The van der Waals surface area contributed by atoms with E-state index in [4.69, 9.17) is 0 Å². The lowest BCUT2D eigenvalue weighted by molar-refractivity contribution is 0.0956. The number of hydrogen-bond donors (Lipinski definition) is 1. The number of thiazole rings is 1. The van der Waals surface area contributed by atoms with Crippen LogP contribution < -0.4 is 9.62 Å². The molecule has 0 aliphatic heterocycles. The lowest BCUT2D eigenvalue weighted by atomic mass is 10.2. The van der Waals surface area contributed by atoms with Crippen LogP contribution in [0.25, 0.3) is 0 Å². The van der Waals surface area contributed by atoms with E-state index in [1.54, 1.807) is 6.92 Å². The van der Waals surface area contributed by atoms with Crippen LogP contribution in [-0.2, 0) is 10.0 Å². The molecule has 114 valence electrons. The molecule has 0 saturated heterocycles. The van der Waals surface area contributed by atoms with Crippen molar-refractivity contribution in [2.75, 3.05) is 24.2 Å². The number of carbonyl (C=O) groups is 1. The Morgan fingerprint density at radius 3 is 2.60 bits per heavy atom. The summed E-state index contributed by atoms with van der Waals surface area (Å²) in [5, 5.41) is 3.14. The quantitative estimate of drug-likeness (QED) is 0.777. The molecule has 0 aliphatic rings. The van der Waals surface area contributed by atoms with Crippen LogP contribution in [0.1, 0.15) is 41.6 Å². The van der Waals surface area contributed by atoms with Gasteiger partial charge in [0.2, 0.25) is 10.0 Å². The van der Waals surface area contributed by atoms with Gasteiger partial charge in [0, 0.05) is 13.6 Å². The molecule has 1 heterocycles. The minimum Gasteiger partial charge on any atom is -0.351 e. The lowest BCUT2D eigenvalue weighted by Crippen LogP contribution is -2.24. The fourth-order valence-corrected chi connectivity index (χ4v) is 3.22. The maximum absolute atomic E-state index is 12.0. The molecule has 1 amide bonds. The van der Waals surface area contributed by atoms with Gasteiger partial charge in [0.15, 0.2) is 5.13 Å². The molecular formula is C12H21N3O3S2. The largest absolute Gasteiger partial charge is 0.351 e. The number of nitrogens with zero attached hydrogens (tertiary/aromatic N) is 2. The number of sulfonamides is 1. The van der Waals surface area contributed by atoms with Crippen LogP contribution in [0.15, 0.2) is 0 Å². The summed E-state index contributed by atoms with van der Waals surface area (Å²) in [5.74, 6) is -0.191. The molecular weight excluding hydrogens is 298 g/mol. The number of amides is 1. The van der Waals surface area contributed by atoms with Gasteiger partial charge in [-0.3, -0.25) is 4.79 Å². The Hall–Kier alpha value is -1.15. The van der Waals surface area contributed by atoms with Gasteiger partial charge in [0.05, 0.1) is 11.9 Å². The van der Waals surface area contributed by atoms with Crippen LogP contribution in [0.3, 0.4) is 0 Å². The number of carbonyl (C=O) groups excluding carboxylic acids is 1. The molecule has 1 N–H and O–H groups in total. The fraction of sp³-hybridized carbons (Fsp3) is 0.667. The van der Waals surface area contributed by atoms with E-state index in [0.717, 1.165) is 41.2 Å². The van der Waals surface area contributed by atoms with Gasteiger partial charge in [-0.2, -0.15) is 0 Å². The molecule has 6 nitrogen and oxygen atoms in total. The highest BCUT2D eigenvalue weighted by Gasteiger charge is 2.21. The van der Waals surface area contributed by atoms with Gasteiger partial charge in [-0.15, -0.1) is 0 Å². The molecule has 0 aliphatic carbocycles. The Morgan fingerprint density at radius 2 is 2.05 bits per heavy atom. The van der Waals surface area contributed by atoms with Crippen LogP contribution in [0.5, 0.6) is 0 Å². The minimum absolute atomic E-state index is 0.191. The van der Waals surface area contributed by atoms with E-state index < -0.39 is 10.0 Å². The first-order valence-electron chi connectivity index (χ1n) is 6.47. The zero-order valence-electron chi connectivity index (χ0n) is 12.3. The summed E-state index contributed by atoms with van der Waals surface area (Å²) in [6, 6.07) is 0. The van der Waals surface area contributed by atoms with E-state index in [1.165, 1.54) is 7.05 Å². The predicted molar refractivity (Wildman–Crippen MR) is 82.0 cm³/mol. The number of rotatable bonds is 7. The lowest BCUT2D eigenvalue weighted by Gasteiger charge is -2.11. The van der Waals surface area contributed by atoms with Crippen molar-refractivity contribution in [2.45, 2.75) is 33.1 Å². The molecule has 0 aromatic carbocycles. The number of aryl methyl sites for hydroxylation is 1. The highest BCUT2D eigenvalue weighted by Crippen LogP contribution is 2.26. The Morgan fingerprint density at radius 1 is 1.40 bits per heavy atom. The van der Waals surface area contributed by atoms with Gasteiger partial charge in [0.25, 0.3) is 5.91 Å². The Kier molecular flexibility index (Phi) is 5.94. The van der Waals surface area contributed by atoms with Gasteiger partial charge >= 0.3 is 0 Å². The molecule has 8 heteroatoms. The van der Waals surface area contributed by atoms with Gasteiger partial charge in [-0.1, -0.05) is 31.1 Å². The summed E-state index contributed by atoms with van der Waals surface area (Å²) in [7, 11) is -1.93. The second kappa shape index (κ2) is 7.03. The van der Waals surface area contributed by atoms with E-state index >= 15 is 0 Å². The molecule has 0 radical (unpaired) electrons. The number of nitrogens with one attached hydrogen (secondary N) is 1. The third-order valence-electron chi connectivity index (χ3n) is 2.82. The van der Waals surface area contributed by atoms with Crippen molar-refractivity contribution in [3.8, 4) is 0 Å². The summed E-state index contributed by atoms with van der Waals surface area (Å²) >= 11 is 1.09. The zero-order chi connectivity index (χ0) is 15.3. The summed E-state index contributed by atoms with van der Waals surface area (Å²) < 4.78 is 24.0. The third kappa shape index (κ3) is 4.45. The highest BCUT2D eigenvalue weighted by atomic mass is 32.2. The molecule has 0 fully saturated rings. The van der Waals surface area contributed by atoms with Crippen molar-refractivity contribution < 1.29 is 13.2 Å². The smallest absolute Gasteiger partial charge is 0.263 e. The van der Waals surface area contributed by atoms with E-state index in [0.29, 0.717) is 22.2 Å². The maximum Gasteiger partial charge on any atom is 0.263 e. The number of aromatic nitrogens is 1. The second-order valence-corrected chi connectivity index (χ2v) is 7.60. The van der Waals surface area contributed by atoms with Gasteiger partial charge < -0.3 is 5.32 Å². The Bertz CT molecular complexity index is 567. The summed E-state index contributed by atoms with van der Waals surface area (Å²) in [6.07, 6.45) is 4.22. The average molecular weight is 319 g/mol. The van der Waals surface area contributed by atoms with Crippen LogP contribution in [0, 0.1) is 6.92 Å². The van der Waals surface area contributed by atoms with Crippen molar-refractivity contribution in [2.24, 2.45) is 0 Å². The van der Waals surface area contributed by atoms with Crippen molar-refractivity contribution in [1.29, 1.82) is 0 Å². The first-order valence-corrected chi connectivity index (χ1v) is 9.13. The first-order chi connectivity index (χ1) is 9.27.